The number of hydrogen-bond acceptors (Lipinski definition) is 6. The van der Waals surface area contributed by atoms with Crippen molar-refractivity contribution in [2.75, 3.05) is 5.32 Å². The minimum absolute atomic E-state index is 0.0425. The lowest BCUT2D eigenvalue weighted by molar-refractivity contribution is 0.583. The van der Waals surface area contributed by atoms with Crippen molar-refractivity contribution in [3.63, 3.8) is 0 Å². The van der Waals surface area contributed by atoms with E-state index in [0.29, 0.717) is 27.7 Å². The van der Waals surface area contributed by atoms with Crippen molar-refractivity contribution in [3.05, 3.63) is 94.2 Å². The summed E-state index contributed by atoms with van der Waals surface area (Å²) in [5, 5.41) is 8.02. The van der Waals surface area contributed by atoms with Gasteiger partial charge in [0.25, 0.3) is 21.3 Å². The first-order chi connectivity index (χ1) is 18.4. The Balaban J connectivity index is 1.85. The summed E-state index contributed by atoms with van der Waals surface area (Å²) < 4.78 is 44.2. The maximum Gasteiger partial charge on any atom is 0.336 e. The van der Waals surface area contributed by atoms with Crippen molar-refractivity contribution in [1.82, 2.24) is 18.4 Å². The molecule has 4 aromatic rings. The van der Waals surface area contributed by atoms with Crippen LogP contribution in [0.5, 0.6) is 0 Å². The minimum atomic E-state index is -3.96. The maximum absolute atomic E-state index is 14.8. The Labute approximate surface area is 235 Å². The van der Waals surface area contributed by atoms with E-state index in [1.54, 1.807) is 30.3 Å². The van der Waals surface area contributed by atoms with E-state index in [1.165, 1.54) is 35.2 Å². The molecule has 0 bridgehead atoms. The second-order valence-corrected chi connectivity index (χ2v) is 12.0. The number of fused-ring (bicyclic) bond motifs is 1. The van der Waals surface area contributed by atoms with Gasteiger partial charge >= 0.3 is 5.69 Å². The van der Waals surface area contributed by atoms with Crippen molar-refractivity contribution in [2.24, 2.45) is 12.2 Å². The molecular formula is C25H24FIN6O5S. The zero-order valence-electron chi connectivity index (χ0n) is 20.9. The van der Waals surface area contributed by atoms with Gasteiger partial charge in [-0.2, -0.15) is 13.1 Å². The highest BCUT2D eigenvalue weighted by molar-refractivity contribution is 14.1. The summed E-state index contributed by atoms with van der Waals surface area (Å²) in [6, 6.07) is 10.6. The summed E-state index contributed by atoms with van der Waals surface area (Å²) in [5.41, 5.74) is -0.618. The molecule has 0 amide bonds. The van der Waals surface area contributed by atoms with Crippen LogP contribution in [0.3, 0.4) is 0 Å². The number of hydrogen-bond donors (Lipinski definition) is 3. The number of anilines is 2. The normalized spacial score (nSPS) is 13.7. The van der Waals surface area contributed by atoms with Gasteiger partial charge in [0.15, 0.2) is 0 Å². The van der Waals surface area contributed by atoms with E-state index < -0.39 is 32.8 Å². The van der Waals surface area contributed by atoms with Crippen LogP contribution in [0.1, 0.15) is 30.0 Å². The number of aromatic nitrogens is 3. The molecule has 4 N–H and O–H groups in total. The standard InChI is InChI=1S/C25H24FIN6O5S/c1-13-21-20(22(31(2)23(13)34)30-19-9-6-15(27)11-18(19)26)24(35)33(16-7-8-16)25(36)32(21)17-5-3-4-14(10-17)12-29-39(28,37)38/h3-6,9-11,16,29-30H,7-8,12H2,1-2H3,(H2,28,37,38). The van der Waals surface area contributed by atoms with Crippen LogP contribution in [0.15, 0.2) is 56.8 Å². The third kappa shape index (κ3) is 5.16. The van der Waals surface area contributed by atoms with Gasteiger partial charge in [-0.1, -0.05) is 12.1 Å². The van der Waals surface area contributed by atoms with E-state index in [-0.39, 0.29) is 40.6 Å². The second-order valence-electron chi connectivity index (χ2n) is 9.37. The summed E-state index contributed by atoms with van der Waals surface area (Å²) >= 11 is 1.98. The molecular weight excluding hydrogens is 642 g/mol. The molecule has 1 fully saturated rings. The average molecular weight is 666 g/mol. The average Bonchev–Trinajstić information content (AvgIpc) is 3.70. The number of rotatable bonds is 7. The second kappa shape index (κ2) is 10.0. The van der Waals surface area contributed by atoms with Gasteiger partial charge < -0.3 is 5.32 Å². The molecule has 11 nitrogen and oxygen atoms in total. The summed E-state index contributed by atoms with van der Waals surface area (Å²) in [4.78, 5) is 41.1. The summed E-state index contributed by atoms with van der Waals surface area (Å²) in [5.74, 6) is -0.533. The van der Waals surface area contributed by atoms with E-state index in [2.05, 4.69) is 10.0 Å². The first-order valence-electron chi connectivity index (χ1n) is 11.9. The van der Waals surface area contributed by atoms with E-state index in [4.69, 9.17) is 5.14 Å². The number of nitrogens with one attached hydrogen (secondary N) is 2. The molecule has 0 aliphatic heterocycles. The third-order valence-electron chi connectivity index (χ3n) is 6.59. The molecule has 204 valence electrons. The van der Waals surface area contributed by atoms with Crippen molar-refractivity contribution in [2.45, 2.75) is 32.4 Å². The van der Waals surface area contributed by atoms with Crippen LogP contribution in [0.25, 0.3) is 16.6 Å². The SMILES string of the molecule is Cc1c(=O)n(C)c(Nc2ccc(I)cc2F)c2c(=O)n(C3CC3)c(=O)n(-c3cccc(CNS(N)(=O)=O)c3)c12. The molecule has 0 unspecified atom stereocenters. The minimum Gasteiger partial charge on any atom is -0.338 e. The Kier molecular flexibility index (Phi) is 6.98. The lowest BCUT2D eigenvalue weighted by atomic mass is 10.1. The molecule has 39 heavy (non-hydrogen) atoms. The quantitative estimate of drug-likeness (QED) is 0.258. The van der Waals surface area contributed by atoms with Crippen LogP contribution >= 0.6 is 22.6 Å². The van der Waals surface area contributed by atoms with Gasteiger partial charge in [0, 0.05) is 28.8 Å². The number of nitrogens with two attached hydrogens (primary N) is 1. The van der Waals surface area contributed by atoms with Gasteiger partial charge in [0.1, 0.15) is 17.0 Å². The van der Waals surface area contributed by atoms with E-state index in [1.807, 2.05) is 22.6 Å². The van der Waals surface area contributed by atoms with Gasteiger partial charge in [-0.25, -0.2) is 14.3 Å². The van der Waals surface area contributed by atoms with Crippen LogP contribution in [-0.4, -0.2) is 22.1 Å². The fourth-order valence-corrected chi connectivity index (χ4v) is 5.38. The fourth-order valence-electron chi connectivity index (χ4n) is 4.56. The molecule has 2 aromatic carbocycles. The molecule has 2 heterocycles. The predicted octanol–water partition coefficient (Wildman–Crippen LogP) is 2.27. The predicted molar refractivity (Wildman–Crippen MR) is 154 cm³/mol. The van der Waals surface area contributed by atoms with Gasteiger partial charge in [-0.15, -0.1) is 0 Å². The van der Waals surface area contributed by atoms with Crippen LogP contribution in [0.4, 0.5) is 15.9 Å². The molecule has 0 spiro atoms. The summed E-state index contributed by atoms with van der Waals surface area (Å²) in [6.45, 7) is 1.38. The van der Waals surface area contributed by atoms with E-state index in [9.17, 15) is 27.2 Å². The molecule has 1 aliphatic carbocycles. The summed E-state index contributed by atoms with van der Waals surface area (Å²) in [6.07, 6.45) is 1.27. The monoisotopic (exact) mass is 666 g/mol. The Morgan fingerprint density at radius 3 is 2.46 bits per heavy atom. The van der Waals surface area contributed by atoms with Gasteiger partial charge in [-0.05, 0) is 78.3 Å². The molecule has 14 heteroatoms. The largest absolute Gasteiger partial charge is 0.338 e. The van der Waals surface area contributed by atoms with Crippen molar-refractivity contribution < 1.29 is 12.8 Å². The van der Waals surface area contributed by atoms with Crippen molar-refractivity contribution in [3.8, 4) is 5.69 Å². The number of pyridine rings is 1. The molecule has 0 atom stereocenters. The number of halogens is 2. The Morgan fingerprint density at radius 2 is 1.82 bits per heavy atom. The number of benzene rings is 2. The zero-order valence-corrected chi connectivity index (χ0v) is 23.8. The lowest BCUT2D eigenvalue weighted by Gasteiger charge is -2.21. The van der Waals surface area contributed by atoms with E-state index >= 15 is 0 Å². The van der Waals surface area contributed by atoms with Crippen LogP contribution in [-0.2, 0) is 23.8 Å². The maximum atomic E-state index is 14.8. The number of nitrogens with zero attached hydrogens (tertiary/aromatic N) is 3. The van der Waals surface area contributed by atoms with Crippen LogP contribution in [0.2, 0.25) is 0 Å². The molecule has 1 saturated carbocycles. The molecule has 2 aromatic heterocycles. The van der Waals surface area contributed by atoms with Crippen LogP contribution < -0.4 is 32.0 Å². The first-order valence-corrected chi connectivity index (χ1v) is 14.5. The molecule has 1 aliphatic rings. The van der Waals surface area contributed by atoms with Gasteiger partial charge in [-0.3, -0.25) is 23.3 Å². The first kappa shape index (κ1) is 27.2. The smallest absolute Gasteiger partial charge is 0.336 e. The Bertz CT molecular complexity index is 1950. The molecule has 0 radical (unpaired) electrons. The third-order valence-corrected chi connectivity index (χ3v) is 7.80. The lowest BCUT2D eigenvalue weighted by Crippen LogP contribution is -2.41. The molecule has 5 rings (SSSR count). The topological polar surface area (TPSA) is 150 Å². The zero-order chi connectivity index (χ0) is 28.2. The van der Waals surface area contributed by atoms with Crippen LogP contribution in [0, 0.1) is 16.3 Å². The van der Waals surface area contributed by atoms with Gasteiger partial charge in [0.2, 0.25) is 0 Å². The van der Waals surface area contributed by atoms with E-state index in [0.717, 1.165) is 4.57 Å². The fraction of sp³-hybridized carbons (Fsp3) is 0.240. The van der Waals surface area contributed by atoms with Crippen molar-refractivity contribution >= 4 is 55.2 Å². The Hall–Kier alpha value is -3.34. The Morgan fingerprint density at radius 1 is 1.10 bits per heavy atom. The highest BCUT2D eigenvalue weighted by Gasteiger charge is 2.31. The highest BCUT2D eigenvalue weighted by atomic mass is 127. The van der Waals surface area contributed by atoms with Crippen molar-refractivity contribution in [1.29, 1.82) is 0 Å². The highest BCUT2D eigenvalue weighted by Crippen LogP contribution is 2.34. The van der Waals surface area contributed by atoms with Gasteiger partial charge in [0.05, 0.1) is 16.9 Å². The number of aryl methyl sites for hydroxylation is 1. The summed E-state index contributed by atoms with van der Waals surface area (Å²) in [7, 11) is -2.49. The molecule has 0 saturated heterocycles.